The fourth-order valence-corrected chi connectivity index (χ4v) is 3.62. The summed E-state index contributed by atoms with van der Waals surface area (Å²) in [6, 6.07) is 9.34. The molecule has 2 atom stereocenters. The Bertz CT molecular complexity index is 338. The van der Waals surface area contributed by atoms with Gasteiger partial charge in [0.15, 0.2) is 0 Å². The summed E-state index contributed by atoms with van der Waals surface area (Å²) < 4.78 is 5.36. The van der Waals surface area contributed by atoms with E-state index in [2.05, 4.69) is 29.6 Å². The highest BCUT2D eigenvalue weighted by Gasteiger charge is 2.23. The van der Waals surface area contributed by atoms with E-state index in [0.717, 1.165) is 19.8 Å². The number of ether oxygens (including phenoxy) is 1. The number of hydrogen-bond acceptors (Lipinski definition) is 3. The molecule has 3 rings (SSSR count). The van der Waals surface area contributed by atoms with Crippen LogP contribution in [0.2, 0.25) is 0 Å². The highest BCUT2D eigenvalue weighted by molar-refractivity contribution is 8.00. The third kappa shape index (κ3) is 2.26. The lowest BCUT2D eigenvalue weighted by Crippen LogP contribution is -2.34. The van der Waals surface area contributed by atoms with Crippen LogP contribution in [0.25, 0.3) is 0 Å². The van der Waals surface area contributed by atoms with E-state index >= 15 is 0 Å². The Balaban J connectivity index is 1.52. The molecule has 2 nitrogen and oxygen atoms in total. The Morgan fingerprint density at radius 1 is 1.38 bits per heavy atom. The van der Waals surface area contributed by atoms with E-state index in [1.807, 2.05) is 11.8 Å². The molecule has 0 bridgehead atoms. The van der Waals surface area contributed by atoms with Crippen LogP contribution in [-0.4, -0.2) is 31.1 Å². The smallest absolute Gasteiger partial charge is 0.0620 e. The van der Waals surface area contributed by atoms with Crippen LogP contribution >= 0.6 is 11.8 Å². The molecule has 3 heteroatoms. The van der Waals surface area contributed by atoms with Crippen LogP contribution < -0.4 is 5.32 Å². The number of rotatable bonds is 3. The maximum Gasteiger partial charge on any atom is 0.0620 e. The molecule has 1 N–H and O–H groups in total. The van der Waals surface area contributed by atoms with Crippen LogP contribution in [0.5, 0.6) is 0 Å². The second-order valence-electron chi connectivity index (χ2n) is 4.52. The fourth-order valence-electron chi connectivity index (χ4n) is 2.36. The van der Waals surface area contributed by atoms with Gasteiger partial charge in [0.25, 0.3) is 0 Å². The summed E-state index contributed by atoms with van der Waals surface area (Å²) >= 11 is 2.02. The van der Waals surface area contributed by atoms with Gasteiger partial charge in [0.2, 0.25) is 0 Å². The van der Waals surface area contributed by atoms with Gasteiger partial charge in [0, 0.05) is 29.3 Å². The minimum atomic E-state index is 0.587. The Kier molecular flexibility index (Phi) is 3.18. The first-order valence-electron chi connectivity index (χ1n) is 5.97. The number of hydrogen-bond donors (Lipinski definition) is 1. The van der Waals surface area contributed by atoms with Crippen LogP contribution in [0.4, 0.5) is 0 Å². The van der Waals surface area contributed by atoms with Crippen molar-refractivity contribution in [1.29, 1.82) is 0 Å². The summed E-state index contributed by atoms with van der Waals surface area (Å²) in [5, 5.41) is 4.32. The van der Waals surface area contributed by atoms with Crippen LogP contribution in [0.1, 0.15) is 12.0 Å². The van der Waals surface area contributed by atoms with Gasteiger partial charge >= 0.3 is 0 Å². The molecule has 0 radical (unpaired) electrons. The topological polar surface area (TPSA) is 21.3 Å². The van der Waals surface area contributed by atoms with Crippen molar-refractivity contribution < 1.29 is 4.74 Å². The van der Waals surface area contributed by atoms with Crippen molar-refractivity contribution in [3.63, 3.8) is 0 Å². The molecule has 2 heterocycles. The summed E-state index contributed by atoms with van der Waals surface area (Å²) in [6.07, 6.45) is 2.38. The second-order valence-corrected chi connectivity index (χ2v) is 5.86. The van der Waals surface area contributed by atoms with Crippen LogP contribution in [0.15, 0.2) is 29.2 Å². The molecule has 0 aromatic heterocycles. The van der Waals surface area contributed by atoms with Crippen molar-refractivity contribution >= 4 is 11.8 Å². The lowest BCUT2D eigenvalue weighted by atomic mass is 10.1. The molecule has 2 aliphatic rings. The average Bonchev–Trinajstić information content (AvgIpc) is 2.95. The van der Waals surface area contributed by atoms with E-state index in [0.29, 0.717) is 11.3 Å². The van der Waals surface area contributed by atoms with Crippen LogP contribution in [0, 0.1) is 0 Å². The summed E-state index contributed by atoms with van der Waals surface area (Å²) in [7, 11) is 0. The van der Waals surface area contributed by atoms with Gasteiger partial charge in [-0.05, 0) is 24.5 Å². The highest BCUT2D eigenvalue weighted by Crippen LogP contribution is 2.36. The Morgan fingerprint density at radius 2 is 2.31 bits per heavy atom. The Hall–Kier alpha value is -0.510. The zero-order chi connectivity index (χ0) is 10.8. The normalized spacial score (nSPS) is 28.2. The minimum absolute atomic E-state index is 0.587. The second kappa shape index (κ2) is 4.78. The quantitative estimate of drug-likeness (QED) is 0.866. The third-order valence-corrected chi connectivity index (χ3v) is 4.60. The van der Waals surface area contributed by atoms with Gasteiger partial charge in [-0.3, -0.25) is 0 Å². The van der Waals surface area contributed by atoms with E-state index in [-0.39, 0.29) is 0 Å². The van der Waals surface area contributed by atoms with Gasteiger partial charge in [0.05, 0.1) is 6.61 Å². The maximum absolute atomic E-state index is 5.36. The Labute approximate surface area is 101 Å². The van der Waals surface area contributed by atoms with E-state index < -0.39 is 0 Å². The van der Waals surface area contributed by atoms with Crippen molar-refractivity contribution in [2.45, 2.75) is 29.0 Å². The fraction of sp³-hybridized carbons (Fsp3) is 0.538. The first-order chi connectivity index (χ1) is 7.92. The SMILES string of the molecule is c1ccc2c(c1)CC(CNC1CCOC1)S2. The molecular weight excluding hydrogens is 218 g/mol. The van der Waals surface area contributed by atoms with Gasteiger partial charge in [-0.1, -0.05) is 18.2 Å². The molecule has 86 valence electrons. The van der Waals surface area contributed by atoms with Gasteiger partial charge in [-0.25, -0.2) is 0 Å². The minimum Gasteiger partial charge on any atom is -0.380 e. The van der Waals surface area contributed by atoms with Gasteiger partial charge in [0.1, 0.15) is 0 Å². The summed E-state index contributed by atoms with van der Waals surface area (Å²) in [5.74, 6) is 0. The summed E-state index contributed by atoms with van der Waals surface area (Å²) in [6.45, 7) is 2.92. The molecule has 0 saturated carbocycles. The third-order valence-electron chi connectivity index (χ3n) is 3.28. The van der Waals surface area contributed by atoms with Gasteiger partial charge in [-0.15, -0.1) is 11.8 Å². The zero-order valence-electron chi connectivity index (χ0n) is 9.32. The zero-order valence-corrected chi connectivity index (χ0v) is 10.1. The molecule has 2 unspecified atom stereocenters. The molecule has 1 aromatic rings. The monoisotopic (exact) mass is 235 g/mol. The molecule has 1 saturated heterocycles. The van der Waals surface area contributed by atoms with Crippen molar-refractivity contribution in [2.24, 2.45) is 0 Å². The van der Waals surface area contributed by atoms with Gasteiger partial charge < -0.3 is 10.1 Å². The number of nitrogens with one attached hydrogen (secondary N) is 1. The van der Waals surface area contributed by atoms with E-state index in [4.69, 9.17) is 4.74 Å². The predicted octanol–water partition coefficient (Wildman–Crippen LogP) is 2.08. The van der Waals surface area contributed by atoms with E-state index in [9.17, 15) is 0 Å². The van der Waals surface area contributed by atoms with Crippen molar-refractivity contribution in [1.82, 2.24) is 5.32 Å². The largest absolute Gasteiger partial charge is 0.380 e. The number of fused-ring (bicyclic) bond motifs is 1. The first-order valence-corrected chi connectivity index (χ1v) is 6.85. The van der Waals surface area contributed by atoms with Gasteiger partial charge in [-0.2, -0.15) is 0 Å². The van der Waals surface area contributed by atoms with Crippen molar-refractivity contribution in [3.8, 4) is 0 Å². The molecule has 1 fully saturated rings. The summed E-state index contributed by atoms with van der Waals surface area (Å²) in [4.78, 5) is 1.47. The standard InChI is InChI=1S/C13H17NOS/c1-2-4-13-10(3-1)7-12(16-13)8-14-11-5-6-15-9-11/h1-4,11-12,14H,5-9H2. The summed E-state index contributed by atoms with van der Waals surface area (Å²) in [5.41, 5.74) is 1.52. The highest BCUT2D eigenvalue weighted by atomic mass is 32.2. The van der Waals surface area contributed by atoms with E-state index in [1.54, 1.807) is 0 Å². The Morgan fingerprint density at radius 3 is 3.12 bits per heavy atom. The predicted molar refractivity (Wildman–Crippen MR) is 67.0 cm³/mol. The lowest BCUT2D eigenvalue weighted by Gasteiger charge is -2.14. The van der Waals surface area contributed by atoms with Crippen molar-refractivity contribution in [2.75, 3.05) is 19.8 Å². The molecule has 1 aromatic carbocycles. The van der Waals surface area contributed by atoms with Crippen molar-refractivity contribution in [3.05, 3.63) is 29.8 Å². The van der Waals surface area contributed by atoms with Crippen LogP contribution in [0.3, 0.4) is 0 Å². The maximum atomic E-state index is 5.36. The molecule has 0 aliphatic carbocycles. The molecular formula is C13H17NOS. The van der Waals surface area contributed by atoms with E-state index in [1.165, 1.54) is 23.3 Å². The number of thioether (sulfide) groups is 1. The average molecular weight is 235 g/mol. The van der Waals surface area contributed by atoms with Crippen LogP contribution in [-0.2, 0) is 11.2 Å². The molecule has 2 aliphatic heterocycles. The first kappa shape index (κ1) is 10.6. The molecule has 0 amide bonds. The lowest BCUT2D eigenvalue weighted by molar-refractivity contribution is 0.190. The number of benzene rings is 1. The molecule has 0 spiro atoms. The molecule has 16 heavy (non-hydrogen) atoms.